The van der Waals surface area contributed by atoms with E-state index in [0.29, 0.717) is 18.5 Å². The first-order valence-electron chi connectivity index (χ1n) is 10.1. The zero-order chi connectivity index (χ0) is 21.8. The summed E-state index contributed by atoms with van der Waals surface area (Å²) >= 11 is 0. The molecular weight excluding hydrogens is 392 g/mol. The van der Waals surface area contributed by atoms with Crippen LogP contribution in [0, 0.1) is 15.5 Å². The van der Waals surface area contributed by atoms with Crippen molar-refractivity contribution in [1.29, 1.82) is 0 Å². The molecule has 1 aromatic rings. The second-order valence-corrected chi connectivity index (χ2v) is 8.18. The number of hydrogen-bond donors (Lipinski definition) is 1. The topological polar surface area (TPSA) is 122 Å². The lowest BCUT2D eigenvalue weighted by Gasteiger charge is -2.56. The van der Waals surface area contributed by atoms with E-state index in [2.05, 4.69) is 5.32 Å². The van der Waals surface area contributed by atoms with Crippen LogP contribution in [0.5, 0.6) is 0 Å². The molecule has 2 saturated heterocycles. The van der Waals surface area contributed by atoms with Crippen molar-refractivity contribution >= 4 is 29.2 Å². The number of anilines is 1. The van der Waals surface area contributed by atoms with E-state index in [1.807, 2.05) is 25.7 Å². The molecule has 0 bridgehead atoms. The van der Waals surface area contributed by atoms with Gasteiger partial charge in [0.2, 0.25) is 11.8 Å². The van der Waals surface area contributed by atoms with Gasteiger partial charge in [-0.15, -0.1) is 0 Å². The number of carbonyl (C=O) groups excluding carboxylic acids is 3. The van der Waals surface area contributed by atoms with Crippen molar-refractivity contribution in [2.24, 2.45) is 5.41 Å². The Hall–Kier alpha value is -3.01. The number of urea groups is 1. The molecule has 0 aliphatic carbocycles. The lowest BCUT2D eigenvalue weighted by Crippen LogP contribution is -2.75. The molecule has 3 heterocycles. The van der Waals surface area contributed by atoms with Crippen molar-refractivity contribution < 1.29 is 24.0 Å². The van der Waals surface area contributed by atoms with Crippen LogP contribution in [0.25, 0.3) is 0 Å². The van der Waals surface area contributed by atoms with Gasteiger partial charge in [-0.25, -0.2) is 4.79 Å². The average molecular weight is 416 g/mol. The summed E-state index contributed by atoms with van der Waals surface area (Å²) in [6.45, 7) is 6.15. The van der Waals surface area contributed by atoms with Crippen LogP contribution in [-0.2, 0) is 20.7 Å². The summed E-state index contributed by atoms with van der Waals surface area (Å²) in [5.74, 6) is -1.25. The SMILES string of the molecule is CCCN1C(=O)NC(=O)[C@]2(Cc3cc([N+](=O)[O-])ccc3N3C[C@H](C)O[C@@H](C)[C@@H]32)C1=O. The molecular formula is C20H24N4O6. The van der Waals surface area contributed by atoms with Crippen LogP contribution in [0.15, 0.2) is 18.2 Å². The minimum absolute atomic E-state index is 0.0363. The normalized spacial score (nSPS) is 30.8. The predicted molar refractivity (Wildman–Crippen MR) is 106 cm³/mol. The van der Waals surface area contributed by atoms with E-state index < -0.39 is 40.3 Å². The number of amides is 4. The summed E-state index contributed by atoms with van der Waals surface area (Å²) in [6, 6.07) is 3.14. The third-order valence-electron chi connectivity index (χ3n) is 6.18. The van der Waals surface area contributed by atoms with Crippen molar-refractivity contribution in [3.05, 3.63) is 33.9 Å². The molecule has 1 spiro atoms. The third kappa shape index (κ3) is 2.78. The number of barbiturate groups is 1. The van der Waals surface area contributed by atoms with Gasteiger partial charge in [-0.05, 0) is 31.9 Å². The van der Waals surface area contributed by atoms with E-state index in [1.165, 1.54) is 12.1 Å². The summed E-state index contributed by atoms with van der Waals surface area (Å²) in [4.78, 5) is 53.1. The van der Waals surface area contributed by atoms with E-state index in [4.69, 9.17) is 4.74 Å². The molecule has 30 heavy (non-hydrogen) atoms. The maximum atomic E-state index is 13.7. The molecule has 10 nitrogen and oxygen atoms in total. The monoisotopic (exact) mass is 416 g/mol. The van der Waals surface area contributed by atoms with Crippen LogP contribution in [0.1, 0.15) is 32.8 Å². The maximum Gasteiger partial charge on any atom is 0.330 e. The van der Waals surface area contributed by atoms with Crippen LogP contribution in [0.4, 0.5) is 16.2 Å². The molecule has 4 atom stereocenters. The van der Waals surface area contributed by atoms with Gasteiger partial charge in [0, 0.05) is 37.3 Å². The number of nitrogens with zero attached hydrogens (tertiary/aromatic N) is 3. The van der Waals surface area contributed by atoms with Gasteiger partial charge >= 0.3 is 6.03 Å². The Kier molecular flexibility index (Phi) is 4.76. The number of imide groups is 2. The molecule has 4 amide bonds. The van der Waals surface area contributed by atoms with Gasteiger partial charge in [-0.3, -0.25) is 29.9 Å². The molecule has 0 unspecified atom stereocenters. The lowest BCUT2D eigenvalue weighted by molar-refractivity contribution is -0.384. The largest absolute Gasteiger partial charge is 0.372 e. The van der Waals surface area contributed by atoms with Crippen LogP contribution < -0.4 is 10.2 Å². The zero-order valence-corrected chi connectivity index (χ0v) is 17.1. The van der Waals surface area contributed by atoms with Crippen LogP contribution in [0.2, 0.25) is 0 Å². The molecule has 1 N–H and O–H groups in total. The molecule has 0 aromatic heterocycles. The predicted octanol–water partition coefficient (Wildman–Crippen LogP) is 1.61. The molecule has 160 valence electrons. The van der Waals surface area contributed by atoms with E-state index in [1.54, 1.807) is 6.07 Å². The standard InChI is InChI=1S/C20H24N4O6/c1-4-7-22-18(26)20(17(25)21-19(22)27)9-13-8-14(24(28)29)5-6-15(13)23-10-11(2)30-12(3)16(20)23/h5-6,8,11-12,16H,4,7,9-10H2,1-3H3,(H,21,25,27)/t11-,12-,16+,20+/m0/s1. The van der Waals surface area contributed by atoms with Gasteiger partial charge in [0.1, 0.15) is 0 Å². The van der Waals surface area contributed by atoms with Gasteiger partial charge in [0.15, 0.2) is 5.41 Å². The fourth-order valence-electron chi connectivity index (χ4n) is 5.10. The Balaban J connectivity index is 1.91. The maximum absolute atomic E-state index is 13.7. The first kappa shape index (κ1) is 20.3. The summed E-state index contributed by atoms with van der Waals surface area (Å²) in [5, 5.41) is 13.7. The Morgan fingerprint density at radius 2 is 2.03 bits per heavy atom. The Labute approximate surface area is 173 Å². The summed E-state index contributed by atoms with van der Waals surface area (Å²) in [7, 11) is 0. The second-order valence-electron chi connectivity index (χ2n) is 8.18. The third-order valence-corrected chi connectivity index (χ3v) is 6.18. The Bertz CT molecular complexity index is 949. The minimum Gasteiger partial charge on any atom is -0.372 e. The summed E-state index contributed by atoms with van der Waals surface area (Å²) in [5.41, 5.74) is -0.430. The van der Waals surface area contributed by atoms with Gasteiger partial charge in [-0.1, -0.05) is 6.92 Å². The average Bonchev–Trinajstić information content (AvgIpc) is 2.68. The van der Waals surface area contributed by atoms with Crippen molar-refractivity contribution in [2.45, 2.75) is 51.9 Å². The van der Waals surface area contributed by atoms with Crippen LogP contribution in [0.3, 0.4) is 0 Å². The van der Waals surface area contributed by atoms with E-state index in [0.717, 1.165) is 10.6 Å². The number of nitro groups is 1. The minimum atomic E-state index is -1.61. The molecule has 0 saturated carbocycles. The molecule has 3 aliphatic heterocycles. The molecule has 0 radical (unpaired) electrons. The van der Waals surface area contributed by atoms with Gasteiger partial charge in [0.25, 0.3) is 5.69 Å². The molecule has 2 fully saturated rings. The number of carbonyl (C=O) groups is 3. The van der Waals surface area contributed by atoms with Crippen molar-refractivity contribution in [3.63, 3.8) is 0 Å². The molecule has 3 aliphatic rings. The number of nitrogens with one attached hydrogen (secondary N) is 1. The Morgan fingerprint density at radius 3 is 2.70 bits per heavy atom. The van der Waals surface area contributed by atoms with Gasteiger partial charge in [0.05, 0.1) is 23.2 Å². The Morgan fingerprint density at radius 1 is 1.30 bits per heavy atom. The highest BCUT2D eigenvalue weighted by atomic mass is 16.6. The number of fused-ring (bicyclic) bond motifs is 4. The van der Waals surface area contributed by atoms with Crippen molar-refractivity contribution in [2.75, 3.05) is 18.0 Å². The highest BCUT2D eigenvalue weighted by Crippen LogP contribution is 2.48. The smallest absolute Gasteiger partial charge is 0.330 e. The number of benzene rings is 1. The fraction of sp³-hybridized carbons (Fsp3) is 0.550. The highest BCUT2D eigenvalue weighted by molar-refractivity contribution is 6.20. The first-order valence-corrected chi connectivity index (χ1v) is 10.1. The lowest BCUT2D eigenvalue weighted by atomic mass is 9.66. The number of ether oxygens (including phenoxy) is 1. The van der Waals surface area contributed by atoms with E-state index in [9.17, 15) is 24.5 Å². The number of non-ortho nitro benzene ring substituents is 1. The quantitative estimate of drug-likeness (QED) is 0.451. The van der Waals surface area contributed by atoms with Crippen molar-refractivity contribution in [3.8, 4) is 0 Å². The van der Waals surface area contributed by atoms with Crippen LogP contribution in [-0.4, -0.2) is 59.0 Å². The molecule has 10 heteroatoms. The summed E-state index contributed by atoms with van der Waals surface area (Å²) < 4.78 is 5.99. The first-order chi connectivity index (χ1) is 14.2. The zero-order valence-electron chi connectivity index (χ0n) is 17.1. The van der Waals surface area contributed by atoms with E-state index >= 15 is 0 Å². The van der Waals surface area contributed by atoms with Crippen LogP contribution >= 0.6 is 0 Å². The van der Waals surface area contributed by atoms with Gasteiger partial charge in [-0.2, -0.15) is 0 Å². The highest BCUT2D eigenvalue weighted by Gasteiger charge is 2.64. The number of morpholine rings is 1. The number of nitro benzene ring substituents is 1. The number of hydrogen-bond acceptors (Lipinski definition) is 7. The molecule has 1 aromatic carbocycles. The molecule has 4 rings (SSSR count). The number of rotatable bonds is 3. The second kappa shape index (κ2) is 7.05. The fourth-order valence-corrected chi connectivity index (χ4v) is 5.10. The van der Waals surface area contributed by atoms with Gasteiger partial charge < -0.3 is 9.64 Å². The van der Waals surface area contributed by atoms with E-state index in [-0.39, 0.29) is 24.8 Å². The van der Waals surface area contributed by atoms with Crippen molar-refractivity contribution in [1.82, 2.24) is 10.2 Å². The summed E-state index contributed by atoms with van der Waals surface area (Å²) in [6.07, 6.45) is -0.123.